The first-order chi connectivity index (χ1) is 6.35. The van der Waals surface area contributed by atoms with Crippen LogP contribution in [0.1, 0.15) is 0 Å². The molecule has 14 heavy (non-hydrogen) atoms. The monoisotopic (exact) mass is 238 g/mol. The van der Waals surface area contributed by atoms with E-state index < -0.39 is 0 Å². The van der Waals surface area contributed by atoms with Gasteiger partial charge in [-0.15, -0.1) is 19.7 Å². The van der Waals surface area contributed by atoms with Crippen molar-refractivity contribution >= 4 is 35.3 Å². The molecule has 0 N–H and O–H groups in total. The molecule has 0 atom stereocenters. The number of rotatable bonds is 9. The van der Waals surface area contributed by atoms with Crippen LogP contribution in [0, 0.1) is 3.91 Å². The molecule has 74 valence electrons. The number of hydrogen-bond donors (Lipinski definition) is 0. The topological polar surface area (TPSA) is 0 Å². The summed E-state index contributed by atoms with van der Waals surface area (Å²) >= 11 is 5.49. The first-order valence-electron chi connectivity index (χ1n) is 3.93. The number of hydrogen-bond acceptors (Lipinski definition) is 3. The normalized spacial score (nSPS) is 9.21. The van der Waals surface area contributed by atoms with Crippen LogP contribution < -0.4 is 18.9 Å². The first kappa shape index (κ1) is 17.3. The Labute approximate surface area is 113 Å². The van der Waals surface area contributed by atoms with Crippen molar-refractivity contribution in [3.05, 3.63) is 41.9 Å². The van der Waals surface area contributed by atoms with E-state index in [9.17, 15) is 0 Å². The largest absolute Gasteiger partial charge is 1.00 e. The molecule has 0 spiro atoms. The Balaban J connectivity index is 0. The van der Waals surface area contributed by atoms with Gasteiger partial charge in [0.2, 0.25) is 0 Å². The molecule has 0 aliphatic rings. The third-order valence-electron chi connectivity index (χ3n) is 0.957. The minimum Gasteiger partial charge on any atom is -0.323 e. The average molecular weight is 238 g/mol. The minimum absolute atomic E-state index is 0. The summed E-state index contributed by atoms with van der Waals surface area (Å²) in [5, 5.41) is 0. The maximum atomic E-state index is 3.70. The van der Waals surface area contributed by atoms with Gasteiger partial charge in [-0.05, 0) is 17.3 Å². The van der Waals surface area contributed by atoms with Crippen LogP contribution in [-0.4, -0.2) is 17.3 Å². The van der Waals surface area contributed by atoms with Gasteiger partial charge in [0, 0.05) is 0 Å². The van der Waals surface area contributed by atoms with Crippen molar-refractivity contribution < 1.29 is 18.9 Å². The van der Waals surface area contributed by atoms with Gasteiger partial charge in [0.1, 0.15) is 0 Å². The molecule has 0 aliphatic carbocycles. The summed E-state index contributed by atoms with van der Waals surface area (Å²) in [7, 11) is 0. The van der Waals surface area contributed by atoms with Gasteiger partial charge in [0.15, 0.2) is 0 Å². The molecular formula is C10H15LiS3. The van der Waals surface area contributed by atoms with Crippen LogP contribution in [0.5, 0.6) is 0 Å². The second-order valence-corrected chi connectivity index (χ2v) is 5.92. The van der Waals surface area contributed by atoms with Crippen molar-refractivity contribution in [3.63, 3.8) is 0 Å². The van der Waals surface area contributed by atoms with Gasteiger partial charge in [0.05, 0.1) is 0 Å². The van der Waals surface area contributed by atoms with Crippen molar-refractivity contribution in [2.45, 2.75) is 0 Å². The molecule has 0 heterocycles. The van der Waals surface area contributed by atoms with Crippen LogP contribution in [0.25, 0.3) is 0 Å². The van der Waals surface area contributed by atoms with Gasteiger partial charge >= 0.3 is 18.9 Å². The summed E-state index contributed by atoms with van der Waals surface area (Å²) in [5.74, 6) is 2.93. The molecule has 0 amide bonds. The van der Waals surface area contributed by atoms with Crippen LogP contribution in [0.15, 0.2) is 38.0 Å². The molecule has 0 bridgehead atoms. The fraction of sp³-hybridized carbons (Fsp3) is 0.300. The van der Waals surface area contributed by atoms with Gasteiger partial charge in [-0.2, -0.15) is 3.91 Å². The molecule has 0 aliphatic heterocycles. The van der Waals surface area contributed by atoms with Crippen molar-refractivity contribution in [2.24, 2.45) is 0 Å². The van der Waals surface area contributed by atoms with E-state index in [1.165, 1.54) is 3.91 Å². The Morgan fingerprint density at radius 3 is 1.29 bits per heavy atom. The van der Waals surface area contributed by atoms with Gasteiger partial charge in [0.25, 0.3) is 0 Å². The Kier molecular flexibility index (Phi) is 17.1. The van der Waals surface area contributed by atoms with E-state index in [2.05, 4.69) is 19.7 Å². The van der Waals surface area contributed by atoms with Crippen molar-refractivity contribution in [3.8, 4) is 0 Å². The maximum absolute atomic E-state index is 3.70. The van der Waals surface area contributed by atoms with Crippen LogP contribution in [0.2, 0.25) is 0 Å². The molecule has 0 nitrogen and oxygen atoms in total. The van der Waals surface area contributed by atoms with Gasteiger partial charge < -0.3 is 35.3 Å². The van der Waals surface area contributed by atoms with E-state index in [1.807, 2.05) is 53.5 Å². The summed E-state index contributed by atoms with van der Waals surface area (Å²) in [6, 6.07) is 0. The molecule has 0 radical (unpaired) electrons. The zero-order valence-electron chi connectivity index (χ0n) is 8.70. The van der Waals surface area contributed by atoms with Crippen molar-refractivity contribution in [1.82, 2.24) is 0 Å². The summed E-state index contributed by atoms with van der Waals surface area (Å²) in [6.45, 7) is 11.1. The summed E-state index contributed by atoms with van der Waals surface area (Å²) in [4.78, 5) is 0. The molecule has 0 saturated heterocycles. The first-order valence-corrected chi connectivity index (χ1v) is 6.88. The molecule has 0 fully saturated rings. The number of thioether (sulfide) groups is 3. The van der Waals surface area contributed by atoms with E-state index in [1.54, 1.807) is 0 Å². The van der Waals surface area contributed by atoms with E-state index in [-0.39, 0.29) is 18.9 Å². The van der Waals surface area contributed by atoms with Crippen LogP contribution in [0.3, 0.4) is 0 Å². The maximum Gasteiger partial charge on any atom is 1.00 e. The van der Waals surface area contributed by atoms with Gasteiger partial charge in [-0.25, -0.2) is 0 Å². The second kappa shape index (κ2) is 13.9. The molecule has 0 unspecified atom stereocenters. The molecule has 4 heteroatoms. The third kappa shape index (κ3) is 10.9. The van der Waals surface area contributed by atoms with E-state index >= 15 is 0 Å². The van der Waals surface area contributed by atoms with Crippen LogP contribution >= 0.6 is 35.3 Å². The third-order valence-corrected chi connectivity index (χ3v) is 4.99. The average Bonchev–Trinajstić information content (AvgIpc) is 2.17. The predicted molar refractivity (Wildman–Crippen MR) is 71.2 cm³/mol. The molecule has 0 aromatic carbocycles. The SMILES string of the molecule is C=CCS[C-](SCC=C)SCC=C.[Li+]. The fourth-order valence-electron chi connectivity index (χ4n) is 0.506. The molecule has 0 aromatic rings. The van der Waals surface area contributed by atoms with Crippen LogP contribution in [0.4, 0.5) is 0 Å². The molecule has 0 saturated carbocycles. The fourth-order valence-corrected chi connectivity index (χ4v) is 3.49. The summed E-state index contributed by atoms with van der Waals surface area (Å²) < 4.78 is 1.37. The Hall–Kier alpha value is 0.867. The second-order valence-electron chi connectivity index (χ2n) is 2.05. The molecule has 0 aromatic heterocycles. The van der Waals surface area contributed by atoms with Crippen LogP contribution in [-0.2, 0) is 0 Å². The van der Waals surface area contributed by atoms with Crippen molar-refractivity contribution in [1.29, 1.82) is 0 Å². The standard InChI is InChI=1S/C10H15S3.Li/c1-4-7-11-10(12-8-5-2)13-9-6-3;/h4-6H,1-3,7-9H2;/q-1;+1. The minimum atomic E-state index is 0. The Morgan fingerprint density at radius 1 is 0.786 bits per heavy atom. The molecule has 0 rings (SSSR count). The molecular weight excluding hydrogens is 223 g/mol. The zero-order chi connectivity index (χ0) is 9.94. The summed E-state index contributed by atoms with van der Waals surface area (Å²) in [5.41, 5.74) is 0. The van der Waals surface area contributed by atoms with Crippen molar-refractivity contribution in [2.75, 3.05) is 17.3 Å². The Bertz CT molecular complexity index is 131. The van der Waals surface area contributed by atoms with Gasteiger partial charge in [-0.1, -0.05) is 18.2 Å². The summed E-state index contributed by atoms with van der Waals surface area (Å²) in [6.07, 6.45) is 5.77. The quantitative estimate of drug-likeness (QED) is 0.336. The van der Waals surface area contributed by atoms with E-state index in [4.69, 9.17) is 0 Å². The zero-order valence-corrected chi connectivity index (χ0v) is 11.1. The Morgan fingerprint density at radius 2 is 1.07 bits per heavy atom. The smallest absolute Gasteiger partial charge is 0.323 e. The predicted octanol–water partition coefficient (Wildman–Crippen LogP) is 1.19. The van der Waals surface area contributed by atoms with E-state index in [0.717, 1.165) is 17.3 Å². The van der Waals surface area contributed by atoms with E-state index in [0.29, 0.717) is 0 Å². The van der Waals surface area contributed by atoms with Gasteiger partial charge in [-0.3, -0.25) is 0 Å².